The Morgan fingerprint density at radius 1 is 1.12 bits per heavy atom. The molecule has 1 saturated carbocycles. The predicted molar refractivity (Wildman–Crippen MR) is 95.8 cm³/mol. The summed E-state index contributed by atoms with van der Waals surface area (Å²) in [4.78, 5) is 36.1. The standard InChI is InChI=1S/C17H17BrN4O3/c1-22-9-12(18)8-14(22)17(25)21-20-16(24)11-3-2-4-13(7-11)19-15(23)10-5-6-10/h2-4,7-10H,5-6H2,1H3,(H,19,23)(H,20,24)(H,21,25). The number of carbonyl (C=O) groups excluding carboxylic acids is 3. The highest BCUT2D eigenvalue weighted by Crippen LogP contribution is 2.30. The summed E-state index contributed by atoms with van der Waals surface area (Å²) in [6, 6.07) is 8.22. The third-order valence-corrected chi connectivity index (χ3v) is 4.27. The fourth-order valence-electron chi connectivity index (χ4n) is 2.33. The lowest BCUT2D eigenvalue weighted by Crippen LogP contribution is -2.42. The van der Waals surface area contributed by atoms with Crippen LogP contribution in [0.3, 0.4) is 0 Å². The number of hydrogen-bond acceptors (Lipinski definition) is 3. The molecule has 25 heavy (non-hydrogen) atoms. The lowest BCUT2D eigenvalue weighted by atomic mass is 10.2. The summed E-state index contributed by atoms with van der Waals surface area (Å²) in [5, 5.41) is 2.79. The van der Waals surface area contributed by atoms with Gasteiger partial charge in [-0.15, -0.1) is 0 Å². The van der Waals surface area contributed by atoms with Gasteiger partial charge in [-0.05, 0) is 53.0 Å². The third-order valence-electron chi connectivity index (χ3n) is 3.83. The van der Waals surface area contributed by atoms with E-state index in [9.17, 15) is 14.4 Å². The molecule has 1 aromatic carbocycles. The quantitative estimate of drug-likeness (QED) is 0.682. The Bertz CT molecular complexity index is 842. The number of hydrazine groups is 1. The summed E-state index contributed by atoms with van der Waals surface area (Å²) in [5.74, 6) is -0.842. The highest BCUT2D eigenvalue weighted by Gasteiger charge is 2.29. The maximum absolute atomic E-state index is 12.2. The normalized spacial score (nSPS) is 13.2. The van der Waals surface area contributed by atoms with E-state index in [-0.39, 0.29) is 11.8 Å². The highest BCUT2D eigenvalue weighted by molar-refractivity contribution is 9.10. The minimum absolute atomic E-state index is 0.0276. The number of benzene rings is 1. The van der Waals surface area contributed by atoms with E-state index in [1.165, 1.54) is 0 Å². The van der Waals surface area contributed by atoms with Crippen LogP contribution in [0.25, 0.3) is 0 Å². The molecule has 3 rings (SSSR count). The molecule has 0 unspecified atom stereocenters. The van der Waals surface area contributed by atoms with Crippen LogP contribution in [0.2, 0.25) is 0 Å². The first-order valence-corrected chi connectivity index (χ1v) is 8.57. The monoisotopic (exact) mass is 404 g/mol. The predicted octanol–water partition coefficient (Wildman–Crippen LogP) is 2.21. The van der Waals surface area contributed by atoms with Crippen LogP contribution in [0.4, 0.5) is 5.69 Å². The highest BCUT2D eigenvalue weighted by atomic mass is 79.9. The zero-order valence-corrected chi connectivity index (χ0v) is 15.1. The Hall–Kier alpha value is -2.61. The van der Waals surface area contributed by atoms with Crippen LogP contribution in [0.1, 0.15) is 33.7 Å². The largest absolute Gasteiger partial charge is 0.345 e. The summed E-state index contributed by atoms with van der Waals surface area (Å²) in [6.45, 7) is 0. The SMILES string of the molecule is Cn1cc(Br)cc1C(=O)NNC(=O)c1cccc(NC(=O)C2CC2)c1. The van der Waals surface area contributed by atoms with Gasteiger partial charge in [0.15, 0.2) is 0 Å². The Kier molecular flexibility index (Phi) is 4.89. The lowest BCUT2D eigenvalue weighted by molar-refractivity contribution is -0.117. The summed E-state index contributed by atoms with van der Waals surface area (Å²) in [6.07, 6.45) is 3.56. The van der Waals surface area contributed by atoms with E-state index < -0.39 is 11.8 Å². The van der Waals surface area contributed by atoms with Crippen LogP contribution in [-0.4, -0.2) is 22.3 Å². The molecule has 0 spiro atoms. The molecule has 3 N–H and O–H groups in total. The molecule has 130 valence electrons. The van der Waals surface area contributed by atoms with E-state index >= 15 is 0 Å². The van der Waals surface area contributed by atoms with Crippen molar-refractivity contribution in [2.24, 2.45) is 13.0 Å². The van der Waals surface area contributed by atoms with E-state index in [0.717, 1.165) is 17.3 Å². The molecular weight excluding hydrogens is 388 g/mol. The molecule has 1 aliphatic carbocycles. The van der Waals surface area contributed by atoms with Crippen LogP contribution in [0, 0.1) is 5.92 Å². The second kappa shape index (κ2) is 7.10. The van der Waals surface area contributed by atoms with Crippen LogP contribution < -0.4 is 16.2 Å². The minimum Gasteiger partial charge on any atom is -0.345 e. The van der Waals surface area contributed by atoms with E-state index in [1.807, 2.05) is 0 Å². The molecule has 0 bridgehead atoms. The molecule has 0 aliphatic heterocycles. The van der Waals surface area contributed by atoms with Crippen LogP contribution >= 0.6 is 15.9 Å². The van der Waals surface area contributed by atoms with Crippen molar-refractivity contribution in [2.45, 2.75) is 12.8 Å². The van der Waals surface area contributed by atoms with Gasteiger partial charge in [-0.2, -0.15) is 0 Å². The van der Waals surface area contributed by atoms with Gasteiger partial charge in [-0.1, -0.05) is 6.07 Å². The molecule has 1 aliphatic rings. The molecule has 0 saturated heterocycles. The summed E-state index contributed by atoms with van der Waals surface area (Å²) < 4.78 is 2.41. The number of carbonyl (C=O) groups is 3. The van der Waals surface area contributed by atoms with E-state index in [0.29, 0.717) is 16.9 Å². The lowest BCUT2D eigenvalue weighted by Gasteiger charge is -2.09. The van der Waals surface area contributed by atoms with Gasteiger partial charge in [0.1, 0.15) is 5.69 Å². The number of hydrogen-bond donors (Lipinski definition) is 3. The number of aromatic nitrogens is 1. The van der Waals surface area contributed by atoms with Gasteiger partial charge in [-0.3, -0.25) is 25.2 Å². The number of aryl methyl sites for hydroxylation is 1. The fraction of sp³-hybridized carbons (Fsp3) is 0.235. The fourth-order valence-corrected chi connectivity index (χ4v) is 2.85. The first-order valence-electron chi connectivity index (χ1n) is 7.77. The van der Waals surface area contributed by atoms with Crippen molar-refractivity contribution in [3.63, 3.8) is 0 Å². The second-order valence-electron chi connectivity index (χ2n) is 5.91. The van der Waals surface area contributed by atoms with E-state index in [2.05, 4.69) is 32.1 Å². The summed E-state index contributed by atoms with van der Waals surface area (Å²) in [5.41, 5.74) is 6.04. The van der Waals surface area contributed by atoms with Gasteiger partial charge in [0.05, 0.1) is 0 Å². The van der Waals surface area contributed by atoms with Crippen molar-refractivity contribution in [1.29, 1.82) is 0 Å². The van der Waals surface area contributed by atoms with Gasteiger partial charge in [0, 0.05) is 34.9 Å². The van der Waals surface area contributed by atoms with Crippen LogP contribution in [0.5, 0.6) is 0 Å². The molecule has 1 aromatic heterocycles. The summed E-state index contributed by atoms with van der Waals surface area (Å²) in [7, 11) is 1.73. The average molecular weight is 405 g/mol. The molecule has 1 heterocycles. The van der Waals surface area contributed by atoms with Crippen LogP contribution in [-0.2, 0) is 11.8 Å². The molecule has 3 amide bonds. The molecule has 7 nitrogen and oxygen atoms in total. The number of anilines is 1. The van der Waals surface area contributed by atoms with E-state index in [1.54, 1.807) is 48.1 Å². The van der Waals surface area contributed by atoms with Gasteiger partial charge in [0.2, 0.25) is 5.91 Å². The second-order valence-corrected chi connectivity index (χ2v) is 6.82. The Morgan fingerprint density at radius 2 is 1.84 bits per heavy atom. The zero-order chi connectivity index (χ0) is 18.0. The smallest absolute Gasteiger partial charge is 0.286 e. The number of halogens is 1. The van der Waals surface area contributed by atoms with Crippen molar-refractivity contribution < 1.29 is 14.4 Å². The molecule has 2 aromatic rings. The minimum atomic E-state index is -0.468. The maximum atomic E-state index is 12.2. The molecule has 0 radical (unpaired) electrons. The molecule has 0 atom stereocenters. The number of rotatable bonds is 4. The topological polar surface area (TPSA) is 92.2 Å². The van der Waals surface area contributed by atoms with Gasteiger partial charge >= 0.3 is 0 Å². The number of amides is 3. The van der Waals surface area contributed by atoms with Crippen molar-refractivity contribution in [3.05, 3.63) is 52.3 Å². The number of nitrogens with one attached hydrogen (secondary N) is 3. The Balaban J connectivity index is 1.60. The maximum Gasteiger partial charge on any atom is 0.286 e. The Labute approximate surface area is 152 Å². The van der Waals surface area contributed by atoms with Crippen LogP contribution in [0.15, 0.2) is 41.0 Å². The Morgan fingerprint density at radius 3 is 2.48 bits per heavy atom. The first-order chi connectivity index (χ1) is 11.9. The van der Waals surface area contributed by atoms with E-state index in [4.69, 9.17) is 0 Å². The first kappa shape index (κ1) is 17.2. The number of nitrogens with zero attached hydrogens (tertiary/aromatic N) is 1. The molecule has 8 heteroatoms. The average Bonchev–Trinajstić information content (AvgIpc) is 3.37. The van der Waals surface area contributed by atoms with Crippen molar-refractivity contribution in [3.8, 4) is 0 Å². The van der Waals surface area contributed by atoms with Gasteiger partial charge in [-0.25, -0.2) is 0 Å². The zero-order valence-electron chi connectivity index (χ0n) is 13.5. The van der Waals surface area contributed by atoms with Gasteiger partial charge < -0.3 is 9.88 Å². The summed E-state index contributed by atoms with van der Waals surface area (Å²) >= 11 is 3.29. The van der Waals surface area contributed by atoms with Crippen molar-refractivity contribution in [2.75, 3.05) is 5.32 Å². The van der Waals surface area contributed by atoms with Crippen molar-refractivity contribution in [1.82, 2.24) is 15.4 Å². The van der Waals surface area contributed by atoms with Gasteiger partial charge in [0.25, 0.3) is 11.8 Å². The third kappa shape index (κ3) is 4.27. The van der Waals surface area contributed by atoms with Crippen molar-refractivity contribution >= 4 is 39.3 Å². The molecule has 1 fully saturated rings. The molecular formula is C17H17BrN4O3.